The van der Waals surface area contributed by atoms with E-state index in [1.807, 2.05) is 6.07 Å². The van der Waals surface area contributed by atoms with Crippen LogP contribution >= 0.6 is 11.3 Å². The number of nitrogens with two attached hydrogens (primary N) is 1. The van der Waals surface area contributed by atoms with Crippen LogP contribution < -0.4 is 11.1 Å². The Balaban J connectivity index is 2.04. The zero-order valence-electron chi connectivity index (χ0n) is 14.3. The molecular formula is C19H23N3OS. The van der Waals surface area contributed by atoms with Gasteiger partial charge in [-0.25, -0.2) is 4.98 Å². The second kappa shape index (κ2) is 6.49. The van der Waals surface area contributed by atoms with Crippen LogP contribution in [0.5, 0.6) is 0 Å². The summed E-state index contributed by atoms with van der Waals surface area (Å²) in [7, 11) is 0. The van der Waals surface area contributed by atoms with E-state index < -0.39 is 0 Å². The number of nitrogens with zero attached hydrogens (tertiary/aromatic N) is 1. The number of hydrogen-bond donors (Lipinski definition) is 2. The van der Waals surface area contributed by atoms with Crippen molar-refractivity contribution in [2.24, 2.45) is 5.73 Å². The normalized spacial score (nSPS) is 12.0. The summed E-state index contributed by atoms with van der Waals surface area (Å²) in [6.07, 6.45) is 1.08. The maximum atomic E-state index is 12.1. The smallest absolute Gasteiger partial charge is 0.261 e. The summed E-state index contributed by atoms with van der Waals surface area (Å²) >= 11 is 1.42. The molecule has 4 nitrogen and oxygen atoms in total. The Bertz CT molecular complexity index is 898. The van der Waals surface area contributed by atoms with Gasteiger partial charge in [-0.05, 0) is 41.7 Å². The van der Waals surface area contributed by atoms with Crippen LogP contribution in [0.3, 0.4) is 0 Å². The molecule has 0 saturated heterocycles. The van der Waals surface area contributed by atoms with Crippen molar-refractivity contribution >= 4 is 38.4 Å². The Morgan fingerprint density at radius 2 is 2.04 bits per heavy atom. The first-order valence-corrected chi connectivity index (χ1v) is 9.09. The SMILES string of the molecule is CCC(C)(C)c1ccc2nc3sc(C(=O)NCCN)cc3cc2c1. The Labute approximate surface area is 146 Å². The predicted molar refractivity (Wildman–Crippen MR) is 102 cm³/mol. The maximum Gasteiger partial charge on any atom is 0.261 e. The lowest BCUT2D eigenvalue weighted by Crippen LogP contribution is -2.28. The lowest BCUT2D eigenvalue weighted by atomic mass is 9.82. The van der Waals surface area contributed by atoms with E-state index in [1.165, 1.54) is 16.9 Å². The van der Waals surface area contributed by atoms with Crippen molar-refractivity contribution in [3.05, 3.63) is 40.8 Å². The molecule has 3 N–H and O–H groups in total. The number of nitrogens with one attached hydrogen (secondary N) is 1. The molecule has 1 aromatic carbocycles. The van der Waals surface area contributed by atoms with Crippen LogP contribution in [-0.4, -0.2) is 24.0 Å². The summed E-state index contributed by atoms with van der Waals surface area (Å²) < 4.78 is 0. The number of fused-ring (bicyclic) bond motifs is 2. The van der Waals surface area contributed by atoms with Gasteiger partial charge >= 0.3 is 0 Å². The lowest BCUT2D eigenvalue weighted by molar-refractivity contribution is 0.0959. The molecule has 1 amide bonds. The first kappa shape index (κ1) is 16.9. The lowest BCUT2D eigenvalue weighted by Gasteiger charge is -2.23. The van der Waals surface area contributed by atoms with Crippen molar-refractivity contribution in [1.82, 2.24) is 10.3 Å². The van der Waals surface area contributed by atoms with Gasteiger partial charge in [0.05, 0.1) is 10.4 Å². The van der Waals surface area contributed by atoms with E-state index in [0.717, 1.165) is 27.5 Å². The molecule has 0 aliphatic heterocycles. The molecular weight excluding hydrogens is 318 g/mol. The van der Waals surface area contributed by atoms with Crippen LogP contribution in [-0.2, 0) is 5.41 Å². The third-order valence-corrected chi connectivity index (χ3v) is 5.66. The molecule has 5 heteroatoms. The molecule has 0 fully saturated rings. The number of rotatable bonds is 5. The molecule has 3 rings (SSSR count). The first-order valence-electron chi connectivity index (χ1n) is 8.27. The summed E-state index contributed by atoms with van der Waals surface area (Å²) in [5.74, 6) is -0.0830. The number of pyridine rings is 1. The van der Waals surface area contributed by atoms with E-state index >= 15 is 0 Å². The van der Waals surface area contributed by atoms with E-state index in [0.29, 0.717) is 18.0 Å². The largest absolute Gasteiger partial charge is 0.350 e. The number of carbonyl (C=O) groups excluding carboxylic acids is 1. The van der Waals surface area contributed by atoms with Crippen molar-refractivity contribution in [2.75, 3.05) is 13.1 Å². The fourth-order valence-corrected chi connectivity index (χ4v) is 3.58. The minimum atomic E-state index is -0.0830. The molecule has 0 radical (unpaired) electrons. The topological polar surface area (TPSA) is 68.0 Å². The number of amides is 1. The van der Waals surface area contributed by atoms with E-state index in [9.17, 15) is 4.79 Å². The third-order valence-electron chi connectivity index (χ3n) is 4.62. The van der Waals surface area contributed by atoms with Crippen molar-refractivity contribution < 1.29 is 4.79 Å². The number of carbonyl (C=O) groups is 1. The minimum Gasteiger partial charge on any atom is -0.350 e. The van der Waals surface area contributed by atoms with Crippen molar-refractivity contribution in [1.29, 1.82) is 0 Å². The van der Waals surface area contributed by atoms with Gasteiger partial charge in [-0.1, -0.05) is 26.8 Å². The van der Waals surface area contributed by atoms with Gasteiger partial charge in [-0.3, -0.25) is 4.79 Å². The molecule has 0 aliphatic rings. The molecule has 3 aromatic rings. The summed E-state index contributed by atoms with van der Waals surface area (Å²) in [4.78, 5) is 18.4. The molecule has 2 heterocycles. The van der Waals surface area contributed by atoms with Gasteiger partial charge in [0.1, 0.15) is 4.83 Å². The van der Waals surface area contributed by atoms with E-state index in [1.54, 1.807) is 0 Å². The highest BCUT2D eigenvalue weighted by Crippen LogP contribution is 2.32. The van der Waals surface area contributed by atoms with Crippen LogP contribution in [0.2, 0.25) is 0 Å². The van der Waals surface area contributed by atoms with Crippen LogP contribution in [0, 0.1) is 0 Å². The summed E-state index contributed by atoms with van der Waals surface area (Å²) in [6, 6.07) is 10.5. The molecule has 2 aromatic heterocycles. The Kier molecular flexibility index (Phi) is 4.56. The van der Waals surface area contributed by atoms with Crippen LogP contribution in [0.1, 0.15) is 42.4 Å². The highest BCUT2D eigenvalue weighted by Gasteiger charge is 2.18. The van der Waals surface area contributed by atoms with Crippen molar-refractivity contribution in [3.63, 3.8) is 0 Å². The monoisotopic (exact) mass is 341 g/mol. The number of hydrogen-bond acceptors (Lipinski definition) is 4. The molecule has 0 saturated carbocycles. The predicted octanol–water partition coefficient (Wildman–Crippen LogP) is 3.83. The number of aromatic nitrogens is 1. The van der Waals surface area contributed by atoms with E-state index in [4.69, 9.17) is 10.7 Å². The molecule has 0 aliphatic carbocycles. The fraction of sp³-hybridized carbons (Fsp3) is 0.368. The van der Waals surface area contributed by atoms with Gasteiger partial charge < -0.3 is 11.1 Å². The quantitative estimate of drug-likeness (QED) is 0.741. The molecule has 24 heavy (non-hydrogen) atoms. The van der Waals surface area contributed by atoms with Crippen LogP contribution in [0.15, 0.2) is 30.3 Å². The number of thiophene rings is 1. The highest BCUT2D eigenvalue weighted by atomic mass is 32.1. The second-order valence-corrected chi connectivity index (χ2v) is 7.71. The Morgan fingerprint density at radius 3 is 2.75 bits per heavy atom. The average molecular weight is 341 g/mol. The second-order valence-electron chi connectivity index (χ2n) is 6.68. The summed E-state index contributed by atoms with van der Waals surface area (Å²) in [5, 5.41) is 4.94. The third kappa shape index (κ3) is 3.14. The molecule has 0 unspecified atom stereocenters. The Morgan fingerprint density at radius 1 is 1.25 bits per heavy atom. The summed E-state index contributed by atoms with van der Waals surface area (Å²) in [6.45, 7) is 7.64. The van der Waals surface area contributed by atoms with Gasteiger partial charge in [0, 0.05) is 23.9 Å². The van der Waals surface area contributed by atoms with Crippen molar-refractivity contribution in [3.8, 4) is 0 Å². The first-order chi connectivity index (χ1) is 11.4. The van der Waals surface area contributed by atoms with Gasteiger partial charge in [0.2, 0.25) is 0 Å². The standard InChI is InChI=1S/C19H23N3OS/c1-4-19(2,3)14-5-6-15-12(10-14)9-13-11-16(24-18(13)22-15)17(23)21-8-7-20/h5-6,9-11H,4,7-8,20H2,1-3H3,(H,21,23). The zero-order valence-corrected chi connectivity index (χ0v) is 15.2. The maximum absolute atomic E-state index is 12.1. The zero-order chi connectivity index (χ0) is 17.3. The minimum absolute atomic E-state index is 0.0830. The van der Waals surface area contributed by atoms with Gasteiger partial charge in [-0.15, -0.1) is 11.3 Å². The van der Waals surface area contributed by atoms with Gasteiger partial charge in [0.15, 0.2) is 0 Å². The molecule has 0 bridgehead atoms. The highest BCUT2D eigenvalue weighted by molar-refractivity contribution is 7.20. The van der Waals surface area contributed by atoms with Gasteiger partial charge in [0.25, 0.3) is 5.91 Å². The average Bonchev–Trinajstić information content (AvgIpc) is 2.99. The molecule has 0 spiro atoms. The molecule has 126 valence electrons. The molecule has 0 atom stereocenters. The fourth-order valence-electron chi connectivity index (χ4n) is 2.64. The Hall–Kier alpha value is -1.98. The van der Waals surface area contributed by atoms with Crippen LogP contribution in [0.4, 0.5) is 0 Å². The van der Waals surface area contributed by atoms with Gasteiger partial charge in [-0.2, -0.15) is 0 Å². The van der Waals surface area contributed by atoms with E-state index in [2.05, 4.69) is 50.4 Å². The number of benzene rings is 1. The van der Waals surface area contributed by atoms with Crippen molar-refractivity contribution in [2.45, 2.75) is 32.6 Å². The van der Waals surface area contributed by atoms with Crippen LogP contribution in [0.25, 0.3) is 21.1 Å². The van der Waals surface area contributed by atoms with E-state index in [-0.39, 0.29) is 11.3 Å². The summed E-state index contributed by atoms with van der Waals surface area (Å²) in [5.41, 5.74) is 7.86.